The molecule has 0 aromatic rings. The molecule has 3 heterocycles. The van der Waals surface area contributed by atoms with Gasteiger partial charge in [-0.15, -0.1) is 0 Å². The summed E-state index contributed by atoms with van der Waals surface area (Å²) in [6, 6.07) is -1.13. The van der Waals surface area contributed by atoms with Crippen molar-refractivity contribution in [2.24, 2.45) is 11.8 Å². The molecule has 19 heavy (non-hydrogen) atoms. The molecule has 0 spiro atoms. The van der Waals surface area contributed by atoms with Crippen molar-refractivity contribution >= 4 is 49.6 Å². The molecule has 0 aromatic carbocycles. The van der Waals surface area contributed by atoms with E-state index in [4.69, 9.17) is 9.84 Å². The fourth-order valence-electron chi connectivity index (χ4n) is 3.18. The second kappa shape index (κ2) is 4.26. The molecule has 0 radical (unpaired) electrons. The number of aliphatic carboxylic acids is 1. The number of carboxylic acids is 1. The number of amides is 2. The molecular weight excluding hydrogens is 386 g/mol. The molecule has 0 aliphatic carbocycles. The van der Waals surface area contributed by atoms with Crippen molar-refractivity contribution in [1.82, 2.24) is 4.90 Å². The Hall–Kier alpha value is -0.470. The third-order valence-corrected chi connectivity index (χ3v) is 7.02. The number of alkyl halides is 2. The topological polar surface area (TPSA) is 83.9 Å². The molecule has 0 aromatic heterocycles. The van der Waals surface area contributed by atoms with Crippen molar-refractivity contribution in [3.05, 3.63) is 0 Å². The minimum absolute atomic E-state index is 0.0458. The highest BCUT2D eigenvalue weighted by atomic mass is 79.9. The Labute approximate surface area is 125 Å². The third kappa shape index (κ3) is 1.59. The van der Waals surface area contributed by atoms with Gasteiger partial charge in [0, 0.05) is 0 Å². The van der Waals surface area contributed by atoms with Gasteiger partial charge in [-0.1, -0.05) is 31.9 Å². The molecular formula is C11H11Br2NO5. The van der Waals surface area contributed by atoms with Crippen LogP contribution in [0.3, 0.4) is 0 Å². The molecule has 0 saturated carbocycles. The average Bonchev–Trinajstić information content (AvgIpc) is 2.94. The second-order valence-electron chi connectivity index (χ2n) is 5.07. The number of hydrogen-bond acceptors (Lipinski definition) is 4. The lowest BCUT2D eigenvalue weighted by molar-refractivity contribution is -0.155. The van der Waals surface area contributed by atoms with Gasteiger partial charge in [-0.05, 0) is 6.92 Å². The number of imide groups is 1. The SMILES string of the molecule is C[C@H](C(=O)O)N1C(=O)[C@@H]2[C@H]3O[C@@H]([C@H](Br)[C@@H]3Br)[C@@H]2C1=O. The van der Waals surface area contributed by atoms with Gasteiger partial charge in [-0.25, -0.2) is 4.79 Å². The molecule has 3 fully saturated rings. The molecule has 104 valence electrons. The van der Waals surface area contributed by atoms with Crippen LogP contribution >= 0.6 is 31.9 Å². The first-order chi connectivity index (χ1) is 8.86. The summed E-state index contributed by atoms with van der Waals surface area (Å²) in [7, 11) is 0. The van der Waals surface area contributed by atoms with Crippen molar-refractivity contribution in [1.29, 1.82) is 0 Å². The van der Waals surface area contributed by atoms with Crippen LogP contribution in [0.25, 0.3) is 0 Å². The summed E-state index contributed by atoms with van der Waals surface area (Å²) in [6.07, 6.45) is -0.747. The molecule has 1 N–H and O–H groups in total. The Morgan fingerprint density at radius 1 is 1.21 bits per heavy atom. The van der Waals surface area contributed by atoms with Crippen LogP contribution in [0.5, 0.6) is 0 Å². The van der Waals surface area contributed by atoms with Crippen LogP contribution in [0, 0.1) is 11.8 Å². The molecule has 0 unspecified atom stereocenters. The van der Waals surface area contributed by atoms with E-state index in [0.717, 1.165) is 4.90 Å². The number of hydrogen-bond donors (Lipinski definition) is 1. The highest BCUT2D eigenvalue weighted by molar-refractivity contribution is 9.12. The van der Waals surface area contributed by atoms with E-state index >= 15 is 0 Å². The number of carbonyl (C=O) groups is 3. The Kier molecular flexibility index (Phi) is 3.03. The van der Waals surface area contributed by atoms with Crippen LogP contribution in [0.1, 0.15) is 6.92 Å². The smallest absolute Gasteiger partial charge is 0.326 e. The van der Waals surface area contributed by atoms with E-state index in [1.165, 1.54) is 6.92 Å². The van der Waals surface area contributed by atoms with Gasteiger partial charge in [-0.2, -0.15) is 0 Å². The number of carbonyl (C=O) groups excluding carboxylic acids is 2. The van der Waals surface area contributed by atoms with Gasteiger partial charge in [0.25, 0.3) is 0 Å². The number of nitrogens with zero attached hydrogens (tertiary/aromatic N) is 1. The van der Waals surface area contributed by atoms with E-state index in [1.54, 1.807) is 0 Å². The van der Waals surface area contributed by atoms with Crippen LogP contribution in [-0.4, -0.2) is 55.7 Å². The predicted molar refractivity (Wildman–Crippen MR) is 70.0 cm³/mol. The first kappa shape index (κ1) is 13.5. The van der Waals surface area contributed by atoms with Crippen molar-refractivity contribution in [2.75, 3.05) is 0 Å². The van der Waals surface area contributed by atoms with Crippen LogP contribution in [0.2, 0.25) is 0 Å². The maximum atomic E-state index is 12.3. The van der Waals surface area contributed by atoms with E-state index in [-0.39, 0.29) is 21.9 Å². The van der Waals surface area contributed by atoms with Crippen LogP contribution in [0.15, 0.2) is 0 Å². The summed E-state index contributed by atoms with van der Waals surface area (Å²) in [4.78, 5) is 36.4. The van der Waals surface area contributed by atoms with Gasteiger partial charge >= 0.3 is 5.97 Å². The van der Waals surface area contributed by atoms with Crippen LogP contribution in [-0.2, 0) is 19.1 Å². The zero-order valence-electron chi connectivity index (χ0n) is 9.82. The summed E-state index contributed by atoms with van der Waals surface area (Å²) in [5.41, 5.74) is 0. The van der Waals surface area contributed by atoms with Crippen molar-refractivity contribution in [3.8, 4) is 0 Å². The fourth-order valence-corrected chi connectivity index (χ4v) is 4.69. The van der Waals surface area contributed by atoms with Crippen LogP contribution < -0.4 is 0 Å². The number of fused-ring (bicyclic) bond motifs is 5. The molecule has 3 rings (SSSR count). The first-order valence-electron chi connectivity index (χ1n) is 5.89. The normalized spacial score (nSPS) is 45.7. The summed E-state index contributed by atoms with van der Waals surface area (Å²) >= 11 is 6.92. The Bertz CT molecular complexity index is 452. The molecule has 8 heteroatoms. The molecule has 3 saturated heterocycles. The standard InChI is InChI=1S/C11H11Br2NO5/c1-2(11(17)18)14-9(15)3-4(10(14)16)8-6(13)5(12)7(3)19-8/h2-8H,1H3,(H,17,18)/t2-,3-,4+,5-,6+,7-,8-/m1/s1. The summed E-state index contributed by atoms with van der Waals surface area (Å²) in [6.45, 7) is 1.35. The molecule has 2 bridgehead atoms. The summed E-state index contributed by atoms with van der Waals surface area (Å²) in [5, 5.41) is 9.00. The lowest BCUT2D eigenvalue weighted by atomic mass is 9.81. The highest BCUT2D eigenvalue weighted by Crippen LogP contribution is 2.53. The third-order valence-electron chi connectivity index (χ3n) is 4.13. The Balaban J connectivity index is 1.95. The lowest BCUT2D eigenvalue weighted by Crippen LogP contribution is -2.45. The van der Waals surface area contributed by atoms with Crippen LogP contribution in [0.4, 0.5) is 0 Å². The summed E-state index contributed by atoms with van der Waals surface area (Å²) in [5.74, 6) is -3.15. The first-order valence-corrected chi connectivity index (χ1v) is 7.72. The Morgan fingerprint density at radius 2 is 1.63 bits per heavy atom. The number of rotatable bonds is 2. The van der Waals surface area contributed by atoms with Gasteiger partial charge < -0.3 is 9.84 Å². The lowest BCUT2D eigenvalue weighted by Gasteiger charge is -2.24. The minimum atomic E-state index is -1.18. The Morgan fingerprint density at radius 3 is 2.00 bits per heavy atom. The predicted octanol–water partition coefficient (Wildman–Crippen LogP) is 0.369. The van der Waals surface area contributed by atoms with Gasteiger partial charge in [0.2, 0.25) is 11.8 Å². The molecule has 3 aliphatic rings. The number of halogens is 2. The van der Waals surface area contributed by atoms with E-state index in [1.807, 2.05) is 0 Å². The van der Waals surface area contributed by atoms with E-state index < -0.39 is 35.7 Å². The van der Waals surface area contributed by atoms with Crippen molar-refractivity contribution in [3.63, 3.8) is 0 Å². The molecule has 6 nitrogen and oxygen atoms in total. The minimum Gasteiger partial charge on any atom is -0.480 e. The average molecular weight is 397 g/mol. The van der Waals surface area contributed by atoms with Gasteiger partial charge in [-0.3, -0.25) is 14.5 Å². The largest absolute Gasteiger partial charge is 0.480 e. The van der Waals surface area contributed by atoms with Gasteiger partial charge in [0.1, 0.15) is 6.04 Å². The zero-order chi connectivity index (χ0) is 14.1. The molecule has 3 aliphatic heterocycles. The van der Waals surface area contributed by atoms with Gasteiger partial charge in [0.15, 0.2) is 0 Å². The number of likely N-dealkylation sites (tertiary alicyclic amines) is 1. The van der Waals surface area contributed by atoms with Crippen molar-refractivity contribution in [2.45, 2.75) is 34.8 Å². The second-order valence-corrected chi connectivity index (χ2v) is 7.18. The maximum absolute atomic E-state index is 12.3. The van der Waals surface area contributed by atoms with E-state index in [0.29, 0.717) is 0 Å². The van der Waals surface area contributed by atoms with E-state index in [2.05, 4.69) is 31.9 Å². The zero-order valence-corrected chi connectivity index (χ0v) is 13.0. The fraction of sp³-hybridized carbons (Fsp3) is 0.727. The number of ether oxygens (including phenoxy) is 1. The van der Waals surface area contributed by atoms with E-state index in [9.17, 15) is 14.4 Å². The quantitative estimate of drug-likeness (QED) is 0.538. The molecule has 7 atom stereocenters. The maximum Gasteiger partial charge on any atom is 0.326 e. The number of carboxylic acid groups (broad SMARTS) is 1. The summed E-state index contributed by atoms with van der Waals surface area (Å²) < 4.78 is 5.68. The highest BCUT2D eigenvalue weighted by Gasteiger charge is 2.68. The van der Waals surface area contributed by atoms with Gasteiger partial charge in [0.05, 0.1) is 33.7 Å². The van der Waals surface area contributed by atoms with Crippen molar-refractivity contribution < 1.29 is 24.2 Å². The monoisotopic (exact) mass is 395 g/mol. The molecule has 2 amide bonds.